The summed E-state index contributed by atoms with van der Waals surface area (Å²) in [5.41, 5.74) is 4.91. The first-order valence-electron chi connectivity index (χ1n) is 14.3. The predicted octanol–water partition coefficient (Wildman–Crippen LogP) is 5.63. The first-order valence-corrected chi connectivity index (χ1v) is 14.3. The van der Waals surface area contributed by atoms with Gasteiger partial charge in [-0.25, -0.2) is 0 Å². The summed E-state index contributed by atoms with van der Waals surface area (Å²) in [5.74, 6) is 1.62. The molecule has 1 aromatic heterocycles. The van der Waals surface area contributed by atoms with Gasteiger partial charge >= 0.3 is 0 Å². The summed E-state index contributed by atoms with van der Waals surface area (Å²) in [4.78, 5) is 19.4. The van der Waals surface area contributed by atoms with Crippen molar-refractivity contribution in [1.82, 2.24) is 9.88 Å². The highest BCUT2D eigenvalue weighted by molar-refractivity contribution is 5.93. The van der Waals surface area contributed by atoms with Crippen LogP contribution in [-0.2, 0) is 20.8 Å². The third kappa shape index (κ3) is 6.10. The van der Waals surface area contributed by atoms with Crippen LogP contribution >= 0.6 is 0 Å². The Balaban J connectivity index is 1.06. The standard InChI is InChI=1S/C33H38N2O6/c1-33(2)40-20-30(41-33)31(38-4)25-13-14-34-27(15-25)32(36)35-17-26(18-35)24-11-12-28(29(16-24)37-3)39-19-21-5-7-22(8-6-21)23-9-10-23/h5-8,11-16,23,26,30-31H,9-10,17-20H2,1-4H3/t30?,31-/m1/s1. The number of amides is 1. The van der Waals surface area contributed by atoms with Gasteiger partial charge in [-0.05, 0) is 79.1 Å². The van der Waals surface area contributed by atoms with Gasteiger partial charge < -0.3 is 28.6 Å². The fraction of sp³-hybridized carbons (Fsp3) is 0.455. The van der Waals surface area contributed by atoms with Crippen molar-refractivity contribution in [3.05, 3.63) is 88.7 Å². The Morgan fingerprint density at radius 2 is 1.76 bits per heavy atom. The van der Waals surface area contributed by atoms with E-state index in [0.717, 1.165) is 22.6 Å². The zero-order chi connectivity index (χ0) is 28.6. The number of ether oxygens (including phenoxy) is 5. The van der Waals surface area contributed by atoms with Gasteiger partial charge in [0, 0.05) is 32.3 Å². The van der Waals surface area contributed by atoms with E-state index in [1.54, 1.807) is 26.5 Å². The summed E-state index contributed by atoms with van der Waals surface area (Å²) in [7, 11) is 3.29. The number of nitrogens with zero attached hydrogens (tertiary/aromatic N) is 2. The van der Waals surface area contributed by atoms with Crippen molar-refractivity contribution in [2.45, 2.75) is 63.1 Å². The Kier molecular flexibility index (Phi) is 7.72. The Morgan fingerprint density at radius 1 is 1.00 bits per heavy atom. The van der Waals surface area contributed by atoms with Gasteiger partial charge in [-0.1, -0.05) is 30.3 Å². The average Bonchev–Trinajstić information content (AvgIpc) is 3.75. The van der Waals surface area contributed by atoms with Gasteiger partial charge in [-0.15, -0.1) is 0 Å². The van der Waals surface area contributed by atoms with E-state index in [1.165, 1.54) is 18.4 Å². The summed E-state index contributed by atoms with van der Waals surface area (Å²) >= 11 is 0. The van der Waals surface area contributed by atoms with Crippen LogP contribution < -0.4 is 9.47 Å². The summed E-state index contributed by atoms with van der Waals surface area (Å²) in [6, 6.07) is 18.4. The van der Waals surface area contributed by atoms with Crippen molar-refractivity contribution >= 4 is 5.91 Å². The first-order chi connectivity index (χ1) is 19.8. The SMILES string of the molecule is COc1cc(C2CN(C(=O)c3cc([C@@H](OC)C4COC(C)(C)O4)ccn3)C2)ccc1OCc1ccc(C2CC2)cc1. The highest BCUT2D eigenvalue weighted by Crippen LogP contribution is 2.40. The molecule has 3 heterocycles. The number of hydrogen-bond donors (Lipinski definition) is 0. The van der Waals surface area contributed by atoms with Crippen molar-refractivity contribution in [2.24, 2.45) is 0 Å². The zero-order valence-electron chi connectivity index (χ0n) is 24.2. The van der Waals surface area contributed by atoms with Crippen molar-refractivity contribution in [3.8, 4) is 11.5 Å². The molecule has 1 unspecified atom stereocenters. The van der Waals surface area contributed by atoms with Crippen LogP contribution in [-0.4, -0.2) is 61.6 Å². The molecule has 1 saturated carbocycles. The van der Waals surface area contributed by atoms with E-state index in [0.29, 0.717) is 43.5 Å². The molecule has 1 aliphatic carbocycles. The second-order valence-electron chi connectivity index (χ2n) is 11.6. The van der Waals surface area contributed by atoms with Gasteiger partial charge in [-0.2, -0.15) is 0 Å². The normalized spacial score (nSPS) is 20.9. The lowest BCUT2D eigenvalue weighted by molar-refractivity contribution is -0.154. The molecule has 2 atom stereocenters. The van der Waals surface area contributed by atoms with Crippen LogP contribution in [0, 0.1) is 0 Å². The quantitative estimate of drug-likeness (QED) is 0.319. The average molecular weight is 559 g/mol. The molecule has 41 heavy (non-hydrogen) atoms. The zero-order valence-corrected chi connectivity index (χ0v) is 24.2. The van der Waals surface area contributed by atoms with Gasteiger partial charge in [0.25, 0.3) is 5.91 Å². The number of methoxy groups -OCH3 is 2. The largest absolute Gasteiger partial charge is 0.493 e. The van der Waals surface area contributed by atoms with Gasteiger partial charge in [0.1, 0.15) is 24.5 Å². The third-order valence-corrected chi connectivity index (χ3v) is 8.20. The van der Waals surface area contributed by atoms with Crippen LogP contribution in [0.2, 0.25) is 0 Å². The topological polar surface area (TPSA) is 79.4 Å². The van der Waals surface area contributed by atoms with E-state index >= 15 is 0 Å². The van der Waals surface area contributed by atoms with E-state index in [2.05, 4.69) is 35.3 Å². The molecular weight excluding hydrogens is 520 g/mol. The number of aromatic nitrogens is 1. The van der Waals surface area contributed by atoms with Crippen LogP contribution in [0.4, 0.5) is 0 Å². The van der Waals surface area contributed by atoms with Gasteiger partial charge in [-0.3, -0.25) is 9.78 Å². The van der Waals surface area contributed by atoms with E-state index < -0.39 is 5.79 Å². The Bertz CT molecular complexity index is 1380. The molecule has 0 spiro atoms. The molecule has 0 radical (unpaired) electrons. The summed E-state index contributed by atoms with van der Waals surface area (Å²) in [5, 5.41) is 0. The van der Waals surface area contributed by atoms with Crippen LogP contribution in [0.3, 0.4) is 0 Å². The molecule has 1 amide bonds. The first kappa shape index (κ1) is 27.7. The molecule has 216 valence electrons. The molecule has 6 rings (SSSR count). The molecule has 0 N–H and O–H groups in total. The van der Waals surface area contributed by atoms with Crippen molar-refractivity contribution in [2.75, 3.05) is 33.9 Å². The van der Waals surface area contributed by atoms with E-state index in [1.807, 2.05) is 36.9 Å². The number of carbonyl (C=O) groups is 1. The maximum absolute atomic E-state index is 13.3. The Labute approximate surface area is 241 Å². The molecule has 8 nitrogen and oxygen atoms in total. The molecular formula is C33H38N2O6. The molecule has 3 aromatic rings. The minimum absolute atomic E-state index is 0.0958. The molecule has 3 aliphatic rings. The molecule has 2 saturated heterocycles. The number of pyridine rings is 1. The fourth-order valence-electron chi connectivity index (χ4n) is 5.65. The highest BCUT2D eigenvalue weighted by atomic mass is 16.7. The number of likely N-dealkylation sites (tertiary alicyclic amines) is 1. The van der Waals surface area contributed by atoms with Gasteiger partial charge in [0.15, 0.2) is 17.3 Å². The van der Waals surface area contributed by atoms with E-state index in [9.17, 15) is 4.79 Å². The minimum Gasteiger partial charge on any atom is -0.493 e. The number of benzene rings is 2. The lowest BCUT2D eigenvalue weighted by atomic mass is 9.90. The predicted molar refractivity (Wildman–Crippen MR) is 153 cm³/mol. The minimum atomic E-state index is -0.658. The van der Waals surface area contributed by atoms with Crippen LogP contribution in [0.15, 0.2) is 60.8 Å². The molecule has 8 heteroatoms. The molecule has 2 aromatic carbocycles. The summed E-state index contributed by atoms with van der Waals surface area (Å²) in [6.07, 6.45) is 3.64. The van der Waals surface area contributed by atoms with Crippen molar-refractivity contribution in [1.29, 1.82) is 0 Å². The monoisotopic (exact) mass is 558 g/mol. The lowest BCUT2D eigenvalue weighted by Crippen LogP contribution is -2.48. The molecule has 3 fully saturated rings. The van der Waals surface area contributed by atoms with Crippen molar-refractivity contribution < 1.29 is 28.5 Å². The second kappa shape index (κ2) is 11.4. The molecule has 0 bridgehead atoms. The molecule has 2 aliphatic heterocycles. The highest BCUT2D eigenvalue weighted by Gasteiger charge is 2.39. The second-order valence-corrected chi connectivity index (χ2v) is 11.6. The van der Waals surface area contributed by atoms with E-state index in [-0.39, 0.29) is 24.0 Å². The number of hydrogen-bond acceptors (Lipinski definition) is 7. The fourth-order valence-corrected chi connectivity index (χ4v) is 5.65. The van der Waals surface area contributed by atoms with Crippen LogP contribution in [0.25, 0.3) is 0 Å². The number of rotatable bonds is 10. The van der Waals surface area contributed by atoms with Crippen LogP contribution in [0.1, 0.15) is 77.4 Å². The maximum Gasteiger partial charge on any atom is 0.272 e. The van der Waals surface area contributed by atoms with Crippen LogP contribution in [0.5, 0.6) is 11.5 Å². The van der Waals surface area contributed by atoms with E-state index in [4.69, 9.17) is 23.7 Å². The summed E-state index contributed by atoms with van der Waals surface area (Å²) < 4.78 is 29.2. The maximum atomic E-state index is 13.3. The smallest absolute Gasteiger partial charge is 0.272 e. The lowest BCUT2D eigenvalue weighted by Gasteiger charge is -2.39. The number of carbonyl (C=O) groups excluding carboxylic acids is 1. The van der Waals surface area contributed by atoms with Gasteiger partial charge in [0.2, 0.25) is 0 Å². The Hall–Kier alpha value is -3.46. The Morgan fingerprint density at radius 3 is 2.41 bits per heavy atom. The third-order valence-electron chi connectivity index (χ3n) is 8.20. The van der Waals surface area contributed by atoms with Crippen molar-refractivity contribution in [3.63, 3.8) is 0 Å². The van der Waals surface area contributed by atoms with Gasteiger partial charge in [0.05, 0.1) is 13.7 Å². The summed E-state index contributed by atoms with van der Waals surface area (Å²) in [6.45, 7) is 5.90.